The van der Waals surface area contributed by atoms with Gasteiger partial charge in [-0.3, -0.25) is 14.4 Å². The van der Waals surface area contributed by atoms with Crippen LogP contribution in [-0.2, 0) is 27.2 Å². The molecule has 0 aromatic carbocycles. The molecule has 128 valence electrons. The van der Waals surface area contributed by atoms with Crippen molar-refractivity contribution in [3.05, 3.63) is 20.8 Å². The maximum absolute atomic E-state index is 12.4. The molecule has 0 unspecified atom stereocenters. The molecule has 2 aromatic rings. The summed E-state index contributed by atoms with van der Waals surface area (Å²) in [5.74, 6) is -0.764. The van der Waals surface area contributed by atoms with Crippen LogP contribution in [-0.4, -0.2) is 41.3 Å². The summed E-state index contributed by atoms with van der Waals surface area (Å²) >= 11 is 2.71. The molecule has 2 aromatic heterocycles. The van der Waals surface area contributed by atoms with E-state index in [-0.39, 0.29) is 23.8 Å². The number of nitrogens with zero attached hydrogens (tertiary/aromatic N) is 1. The van der Waals surface area contributed by atoms with Gasteiger partial charge in [-0.1, -0.05) is 11.8 Å². The minimum Gasteiger partial charge on any atom is -0.468 e. The van der Waals surface area contributed by atoms with Crippen LogP contribution in [0.1, 0.15) is 23.3 Å². The van der Waals surface area contributed by atoms with Gasteiger partial charge in [0.05, 0.1) is 18.2 Å². The molecule has 3 rings (SSSR count). The van der Waals surface area contributed by atoms with Crippen molar-refractivity contribution in [3.63, 3.8) is 0 Å². The maximum Gasteiger partial charge on any atom is 0.325 e. The normalized spacial score (nSPS) is 13.5. The van der Waals surface area contributed by atoms with E-state index in [1.165, 1.54) is 12.0 Å². The Morgan fingerprint density at radius 1 is 1.38 bits per heavy atom. The van der Waals surface area contributed by atoms with Gasteiger partial charge < -0.3 is 15.0 Å². The van der Waals surface area contributed by atoms with Crippen molar-refractivity contribution < 1.29 is 14.3 Å². The summed E-state index contributed by atoms with van der Waals surface area (Å²) in [5.41, 5.74) is 0.999. The number of thiophene rings is 1. The first-order chi connectivity index (χ1) is 11.6. The Hall–Kier alpha value is -1.87. The van der Waals surface area contributed by atoms with Gasteiger partial charge in [-0.15, -0.1) is 11.3 Å². The molecular formula is C15H17N3O4S2. The van der Waals surface area contributed by atoms with Crippen molar-refractivity contribution in [1.82, 2.24) is 15.3 Å². The van der Waals surface area contributed by atoms with Crippen molar-refractivity contribution in [2.24, 2.45) is 0 Å². The van der Waals surface area contributed by atoms with Gasteiger partial charge in [0.25, 0.3) is 5.56 Å². The second-order valence-electron chi connectivity index (χ2n) is 5.40. The highest BCUT2D eigenvalue weighted by Gasteiger charge is 2.20. The number of aromatic amines is 1. The first kappa shape index (κ1) is 17.0. The Balaban J connectivity index is 1.71. The molecule has 0 saturated carbocycles. The van der Waals surface area contributed by atoms with Crippen LogP contribution in [0.25, 0.3) is 10.2 Å². The minimum absolute atomic E-state index is 0.0660. The largest absolute Gasteiger partial charge is 0.468 e. The minimum atomic E-state index is -0.509. The molecule has 1 aliphatic rings. The Kier molecular flexibility index (Phi) is 5.20. The molecule has 9 heteroatoms. The van der Waals surface area contributed by atoms with Crippen molar-refractivity contribution in [2.45, 2.75) is 30.8 Å². The van der Waals surface area contributed by atoms with Crippen molar-refractivity contribution in [1.29, 1.82) is 0 Å². The molecule has 1 aliphatic carbocycles. The van der Waals surface area contributed by atoms with Gasteiger partial charge in [-0.2, -0.15) is 0 Å². The standard InChI is InChI=1S/C15H17N3O4S2/c1-22-11(20)6-16-10(19)7-23-15-17-13(21)12-8-4-2-3-5-9(8)24-14(12)18-15/h2-7H2,1H3,(H,16,19)(H,17,18,21). The Morgan fingerprint density at radius 3 is 2.96 bits per heavy atom. The first-order valence-corrected chi connectivity index (χ1v) is 9.39. The number of hydrogen-bond donors (Lipinski definition) is 2. The van der Waals surface area contributed by atoms with Gasteiger partial charge in [0.2, 0.25) is 5.91 Å². The summed E-state index contributed by atoms with van der Waals surface area (Å²) in [6.45, 7) is -0.170. The lowest BCUT2D eigenvalue weighted by Gasteiger charge is -2.09. The summed E-state index contributed by atoms with van der Waals surface area (Å²) in [6.07, 6.45) is 4.20. The Morgan fingerprint density at radius 2 is 2.17 bits per heavy atom. The SMILES string of the molecule is COC(=O)CNC(=O)CSc1nc2sc3c(c2c(=O)[nH]1)CCCC3. The number of H-pyrrole nitrogens is 1. The molecule has 0 spiro atoms. The number of carbonyl (C=O) groups is 2. The van der Waals surface area contributed by atoms with Crippen molar-refractivity contribution >= 4 is 45.2 Å². The average molecular weight is 367 g/mol. The van der Waals surface area contributed by atoms with Crippen molar-refractivity contribution in [2.75, 3.05) is 19.4 Å². The number of thioether (sulfide) groups is 1. The topological polar surface area (TPSA) is 101 Å². The van der Waals surface area contributed by atoms with Gasteiger partial charge in [0, 0.05) is 4.88 Å². The molecule has 2 heterocycles. The lowest BCUT2D eigenvalue weighted by atomic mass is 9.97. The van der Waals surface area contributed by atoms with Crippen LogP contribution < -0.4 is 10.9 Å². The third-order valence-electron chi connectivity index (χ3n) is 3.80. The number of nitrogens with one attached hydrogen (secondary N) is 2. The zero-order valence-electron chi connectivity index (χ0n) is 13.1. The van der Waals surface area contributed by atoms with E-state index in [2.05, 4.69) is 20.0 Å². The van der Waals surface area contributed by atoms with Gasteiger partial charge in [0.1, 0.15) is 11.4 Å². The zero-order valence-corrected chi connectivity index (χ0v) is 14.8. The van der Waals surface area contributed by atoms with E-state index in [1.807, 2.05) is 0 Å². The number of amides is 1. The lowest BCUT2D eigenvalue weighted by Crippen LogP contribution is -2.31. The van der Waals surface area contributed by atoms with E-state index in [9.17, 15) is 14.4 Å². The molecule has 24 heavy (non-hydrogen) atoms. The maximum atomic E-state index is 12.4. The highest BCUT2D eigenvalue weighted by atomic mass is 32.2. The zero-order chi connectivity index (χ0) is 17.1. The van der Waals surface area contributed by atoms with Crippen LogP contribution in [0.5, 0.6) is 0 Å². The number of esters is 1. The van der Waals surface area contributed by atoms with E-state index < -0.39 is 5.97 Å². The molecule has 0 fully saturated rings. The molecule has 1 amide bonds. The molecule has 0 saturated heterocycles. The second-order valence-corrected chi connectivity index (χ2v) is 7.45. The van der Waals surface area contributed by atoms with E-state index in [4.69, 9.17) is 0 Å². The number of methoxy groups -OCH3 is 1. The summed E-state index contributed by atoms with van der Waals surface area (Å²) in [4.78, 5) is 44.3. The Bertz CT molecular complexity index is 843. The van der Waals surface area contributed by atoms with E-state index in [0.717, 1.165) is 47.8 Å². The number of aromatic nitrogens is 2. The predicted molar refractivity (Wildman–Crippen MR) is 92.6 cm³/mol. The first-order valence-electron chi connectivity index (χ1n) is 7.59. The highest BCUT2D eigenvalue weighted by Crippen LogP contribution is 2.34. The van der Waals surface area contributed by atoms with E-state index >= 15 is 0 Å². The quantitative estimate of drug-likeness (QED) is 0.468. The van der Waals surface area contributed by atoms with E-state index in [1.54, 1.807) is 11.3 Å². The fraction of sp³-hybridized carbons (Fsp3) is 0.467. The second kappa shape index (κ2) is 7.35. The molecule has 7 nitrogen and oxygen atoms in total. The molecular weight excluding hydrogens is 350 g/mol. The van der Waals surface area contributed by atoms with Crippen LogP contribution in [0.3, 0.4) is 0 Å². The van der Waals surface area contributed by atoms with Gasteiger partial charge in [0.15, 0.2) is 5.16 Å². The molecule has 2 N–H and O–H groups in total. The Labute approximate surface area is 146 Å². The number of aryl methyl sites for hydroxylation is 2. The van der Waals surface area contributed by atoms with Crippen LogP contribution in [0.2, 0.25) is 0 Å². The van der Waals surface area contributed by atoms with Crippen LogP contribution in [0.4, 0.5) is 0 Å². The summed E-state index contributed by atoms with van der Waals surface area (Å²) in [7, 11) is 1.26. The van der Waals surface area contributed by atoms with Crippen LogP contribution >= 0.6 is 23.1 Å². The number of ether oxygens (including phenoxy) is 1. The number of rotatable bonds is 5. The fourth-order valence-corrected chi connectivity index (χ4v) is 4.65. The number of hydrogen-bond acceptors (Lipinski definition) is 7. The van der Waals surface area contributed by atoms with Crippen LogP contribution in [0.15, 0.2) is 9.95 Å². The summed E-state index contributed by atoms with van der Waals surface area (Å²) in [5, 5.41) is 3.56. The highest BCUT2D eigenvalue weighted by molar-refractivity contribution is 7.99. The molecule has 0 radical (unpaired) electrons. The van der Waals surface area contributed by atoms with Gasteiger partial charge in [-0.25, -0.2) is 4.98 Å². The summed E-state index contributed by atoms with van der Waals surface area (Å²) < 4.78 is 4.45. The third kappa shape index (κ3) is 3.62. The number of carbonyl (C=O) groups excluding carboxylic acids is 2. The molecule has 0 bridgehead atoms. The van der Waals surface area contributed by atoms with Crippen LogP contribution in [0, 0.1) is 0 Å². The smallest absolute Gasteiger partial charge is 0.325 e. The van der Waals surface area contributed by atoms with Gasteiger partial charge in [-0.05, 0) is 31.2 Å². The molecule has 0 aliphatic heterocycles. The predicted octanol–water partition coefficient (Wildman–Crippen LogP) is 1.24. The van der Waals surface area contributed by atoms with E-state index in [0.29, 0.717) is 10.5 Å². The monoisotopic (exact) mass is 367 g/mol. The molecule has 0 atom stereocenters. The number of fused-ring (bicyclic) bond motifs is 3. The van der Waals surface area contributed by atoms with Crippen molar-refractivity contribution in [3.8, 4) is 0 Å². The summed E-state index contributed by atoms with van der Waals surface area (Å²) in [6, 6.07) is 0. The van der Waals surface area contributed by atoms with Gasteiger partial charge >= 0.3 is 5.97 Å². The fourth-order valence-electron chi connectivity index (χ4n) is 2.64. The lowest BCUT2D eigenvalue weighted by molar-refractivity contribution is -0.140. The third-order valence-corrected chi connectivity index (χ3v) is 5.86. The average Bonchev–Trinajstić information content (AvgIpc) is 2.96.